The van der Waals surface area contributed by atoms with Gasteiger partial charge in [0.05, 0.1) is 16.1 Å². The maximum atomic E-state index is 12.0. The standard InChI is InChI=1S/C12H22N4O3S/c1-7(2)9-8(13)10(16-15-9)11(17)14-6-12(3,4)20(5,18)19/h7H,6,13H2,1-5H3,(H,14,17)(H,15,16). The predicted octanol–water partition coefficient (Wildman–Crippen LogP) is 0.668. The van der Waals surface area contributed by atoms with E-state index in [0.29, 0.717) is 11.4 Å². The smallest absolute Gasteiger partial charge is 0.273 e. The molecule has 0 fully saturated rings. The third-order valence-electron chi connectivity index (χ3n) is 3.30. The van der Waals surface area contributed by atoms with E-state index in [2.05, 4.69) is 15.5 Å². The van der Waals surface area contributed by atoms with Crippen molar-refractivity contribution in [1.29, 1.82) is 0 Å². The van der Waals surface area contributed by atoms with Crippen LogP contribution in [0.2, 0.25) is 0 Å². The fraction of sp³-hybridized carbons (Fsp3) is 0.667. The van der Waals surface area contributed by atoms with Crippen molar-refractivity contribution in [3.63, 3.8) is 0 Å². The molecule has 0 radical (unpaired) electrons. The Balaban J connectivity index is 2.84. The lowest BCUT2D eigenvalue weighted by molar-refractivity contribution is 0.0946. The number of carbonyl (C=O) groups is 1. The van der Waals surface area contributed by atoms with Crippen molar-refractivity contribution in [3.8, 4) is 0 Å². The van der Waals surface area contributed by atoms with Crippen LogP contribution in [0.15, 0.2) is 0 Å². The number of aromatic amines is 1. The molecule has 1 aromatic heterocycles. The first-order valence-corrected chi connectivity index (χ1v) is 8.18. The number of aromatic nitrogens is 2. The predicted molar refractivity (Wildman–Crippen MR) is 78.3 cm³/mol. The van der Waals surface area contributed by atoms with Crippen LogP contribution in [0.25, 0.3) is 0 Å². The van der Waals surface area contributed by atoms with Crippen molar-refractivity contribution in [3.05, 3.63) is 11.4 Å². The molecule has 0 aliphatic heterocycles. The molecule has 0 saturated heterocycles. The van der Waals surface area contributed by atoms with E-state index in [1.807, 2.05) is 13.8 Å². The van der Waals surface area contributed by atoms with Gasteiger partial charge in [-0.3, -0.25) is 9.89 Å². The minimum atomic E-state index is -3.27. The molecule has 0 saturated carbocycles. The highest BCUT2D eigenvalue weighted by atomic mass is 32.2. The third kappa shape index (κ3) is 3.30. The number of carbonyl (C=O) groups excluding carboxylic acids is 1. The zero-order chi connectivity index (χ0) is 15.7. The zero-order valence-electron chi connectivity index (χ0n) is 12.4. The van der Waals surface area contributed by atoms with E-state index in [1.54, 1.807) is 13.8 Å². The van der Waals surface area contributed by atoms with E-state index < -0.39 is 20.5 Å². The second-order valence-electron chi connectivity index (χ2n) is 5.77. The maximum absolute atomic E-state index is 12.0. The molecule has 0 spiro atoms. The fourth-order valence-electron chi connectivity index (χ4n) is 1.49. The van der Waals surface area contributed by atoms with Gasteiger partial charge in [0.2, 0.25) is 0 Å². The first-order chi connectivity index (χ1) is 8.97. The van der Waals surface area contributed by atoms with Crippen LogP contribution in [0.5, 0.6) is 0 Å². The molecule has 1 heterocycles. The van der Waals surface area contributed by atoms with Gasteiger partial charge < -0.3 is 11.1 Å². The van der Waals surface area contributed by atoms with Crippen molar-refractivity contribution in [2.75, 3.05) is 18.5 Å². The summed E-state index contributed by atoms with van der Waals surface area (Å²) in [5.74, 6) is -0.362. The first-order valence-electron chi connectivity index (χ1n) is 6.29. The van der Waals surface area contributed by atoms with Crippen LogP contribution in [0.4, 0.5) is 5.69 Å². The number of amides is 1. The summed E-state index contributed by atoms with van der Waals surface area (Å²) in [7, 11) is -3.27. The molecule has 1 rings (SSSR count). The van der Waals surface area contributed by atoms with Gasteiger partial charge in [-0.05, 0) is 19.8 Å². The molecule has 0 bridgehead atoms. The highest BCUT2D eigenvalue weighted by Crippen LogP contribution is 2.22. The van der Waals surface area contributed by atoms with Crippen LogP contribution in [0, 0.1) is 0 Å². The number of anilines is 1. The Morgan fingerprint density at radius 2 is 2.00 bits per heavy atom. The highest BCUT2D eigenvalue weighted by molar-refractivity contribution is 7.92. The lowest BCUT2D eigenvalue weighted by Gasteiger charge is -2.22. The lowest BCUT2D eigenvalue weighted by Crippen LogP contribution is -2.44. The molecule has 0 aliphatic rings. The van der Waals surface area contributed by atoms with E-state index >= 15 is 0 Å². The number of nitrogens with one attached hydrogen (secondary N) is 2. The van der Waals surface area contributed by atoms with Crippen molar-refractivity contribution < 1.29 is 13.2 Å². The van der Waals surface area contributed by atoms with Crippen molar-refractivity contribution in [2.24, 2.45) is 0 Å². The summed E-state index contributed by atoms with van der Waals surface area (Å²) in [6.07, 6.45) is 1.14. The van der Waals surface area contributed by atoms with E-state index in [0.717, 1.165) is 6.26 Å². The molecule has 1 aromatic rings. The maximum Gasteiger partial charge on any atom is 0.273 e. The molecule has 1 amide bonds. The van der Waals surface area contributed by atoms with Crippen LogP contribution in [-0.4, -0.2) is 42.1 Å². The van der Waals surface area contributed by atoms with Gasteiger partial charge in [-0.1, -0.05) is 13.8 Å². The summed E-state index contributed by atoms with van der Waals surface area (Å²) in [6, 6.07) is 0. The second kappa shape index (κ2) is 5.43. The molecule has 20 heavy (non-hydrogen) atoms. The Bertz CT molecular complexity index is 602. The highest BCUT2D eigenvalue weighted by Gasteiger charge is 2.31. The molecule has 0 aliphatic carbocycles. The SMILES string of the molecule is CC(C)c1[nH]nc(C(=O)NCC(C)(C)S(C)(=O)=O)c1N. The number of nitrogens with zero attached hydrogens (tertiary/aromatic N) is 1. The number of H-pyrrole nitrogens is 1. The van der Waals surface area contributed by atoms with Crippen molar-refractivity contribution >= 4 is 21.4 Å². The molecule has 114 valence electrons. The van der Waals surface area contributed by atoms with Gasteiger partial charge in [0.25, 0.3) is 5.91 Å². The van der Waals surface area contributed by atoms with E-state index in [-0.39, 0.29) is 18.2 Å². The van der Waals surface area contributed by atoms with Gasteiger partial charge in [0.15, 0.2) is 15.5 Å². The van der Waals surface area contributed by atoms with E-state index in [4.69, 9.17) is 5.73 Å². The Labute approximate surface area is 119 Å². The molecule has 0 aromatic carbocycles. The van der Waals surface area contributed by atoms with Crippen LogP contribution in [0.3, 0.4) is 0 Å². The number of nitrogen functional groups attached to an aromatic ring is 1. The lowest BCUT2D eigenvalue weighted by atomic mass is 10.1. The number of hydrogen-bond acceptors (Lipinski definition) is 5. The summed E-state index contributed by atoms with van der Waals surface area (Å²) >= 11 is 0. The van der Waals surface area contributed by atoms with Gasteiger partial charge in [-0.15, -0.1) is 0 Å². The molecule has 4 N–H and O–H groups in total. The largest absolute Gasteiger partial charge is 0.395 e. The molecular weight excluding hydrogens is 280 g/mol. The summed E-state index contributed by atoms with van der Waals surface area (Å²) in [5, 5.41) is 9.17. The Morgan fingerprint density at radius 1 is 1.45 bits per heavy atom. The summed E-state index contributed by atoms with van der Waals surface area (Å²) in [6.45, 7) is 6.96. The molecular formula is C12H22N4O3S. The molecule has 0 atom stereocenters. The topological polar surface area (TPSA) is 118 Å². The van der Waals surface area contributed by atoms with E-state index in [1.165, 1.54) is 0 Å². The van der Waals surface area contributed by atoms with Gasteiger partial charge in [0, 0.05) is 12.8 Å². The van der Waals surface area contributed by atoms with Crippen LogP contribution < -0.4 is 11.1 Å². The monoisotopic (exact) mass is 302 g/mol. The van der Waals surface area contributed by atoms with Gasteiger partial charge in [0.1, 0.15) is 0 Å². The van der Waals surface area contributed by atoms with Crippen molar-refractivity contribution in [1.82, 2.24) is 15.5 Å². The van der Waals surface area contributed by atoms with Crippen LogP contribution in [0.1, 0.15) is 49.8 Å². The number of hydrogen-bond donors (Lipinski definition) is 3. The number of sulfone groups is 1. The average molecular weight is 302 g/mol. The quantitative estimate of drug-likeness (QED) is 0.738. The fourth-order valence-corrected chi connectivity index (χ4v) is 1.82. The molecule has 8 heteroatoms. The third-order valence-corrected chi connectivity index (χ3v) is 5.46. The first kappa shape index (κ1) is 16.5. The minimum absolute atomic E-state index is 0.00597. The number of rotatable bonds is 5. The van der Waals surface area contributed by atoms with Crippen LogP contribution >= 0.6 is 0 Å². The average Bonchev–Trinajstić information content (AvgIpc) is 2.66. The van der Waals surface area contributed by atoms with Crippen LogP contribution in [-0.2, 0) is 9.84 Å². The summed E-state index contributed by atoms with van der Waals surface area (Å²) < 4.78 is 22.1. The normalized spacial score (nSPS) is 12.7. The minimum Gasteiger partial charge on any atom is -0.395 e. The van der Waals surface area contributed by atoms with E-state index in [9.17, 15) is 13.2 Å². The zero-order valence-corrected chi connectivity index (χ0v) is 13.3. The summed E-state index contributed by atoms with van der Waals surface area (Å²) in [4.78, 5) is 12.0. The van der Waals surface area contributed by atoms with Gasteiger partial charge in [-0.25, -0.2) is 8.42 Å². The Hall–Kier alpha value is -1.57. The Morgan fingerprint density at radius 3 is 2.40 bits per heavy atom. The number of nitrogens with two attached hydrogens (primary N) is 1. The molecule has 7 nitrogen and oxygen atoms in total. The summed E-state index contributed by atoms with van der Waals surface area (Å²) in [5.41, 5.74) is 6.95. The van der Waals surface area contributed by atoms with Crippen molar-refractivity contribution in [2.45, 2.75) is 38.4 Å². The van der Waals surface area contributed by atoms with Gasteiger partial charge in [-0.2, -0.15) is 5.10 Å². The molecule has 0 unspecified atom stereocenters. The Kier molecular flexibility index (Phi) is 4.48. The van der Waals surface area contributed by atoms with Gasteiger partial charge >= 0.3 is 0 Å². The second-order valence-corrected chi connectivity index (χ2v) is 8.42.